The molecule has 0 saturated heterocycles. The first kappa shape index (κ1) is 20.3. The zero-order chi connectivity index (χ0) is 20.9. The Bertz CT molecular complexity index is 944. The van der Waals surface area contributed by atoms with Crippen molar-refractivity contribution in [1.82, 2.24) is 5.32 Å². The van der Waals surface area contributed by atoms with E-state index in [2.05, 4.69) is 16.0 Å². The fourth-order valence-electron chi connectivity index (χ4n) is 3.22. The lowest BCUT2D eigenvalue weighted by Crippen LogP contribution is -2.35. The van der Waals surface area contributed by atoms with Crippen LogP contribution in [-0.2, 0) is 9.59 Å². The number of anilines is 3. The molecule has 30 heavy (non-hydrogen) atoms. The van der Waals surface area contributed by atoms with Crippen LogP contribution in [0, 0.1) is 0 Å². The van der Waals surface area contributed by atoms with Gasteiger partial charge in [0.15, 0.2) is 0 Å². The lowest BCUT2D eigenvalue weighted by atomic mass is 10.2. The number of hydrogen-bond acceptors (Lipinski definition) is 4. The number of rotatable bonds is 6. The molecule has 2 aliphatic rings. The molecule has 0 aromatic heterocycles. The SMILES string of the molecule is O=C(CCC(=O)N1CCSc2ccccc21)Nc1ccc(NC(=O)NC2CC2)cc1. The van der Waals surface area contributed by atoms with Crippen molar-refractivity contribution in [1.29, 1.82) is 0 Å². The van der Waals surface area contributed by atoms with Crippen molar-refractivity contribution in [3.05, 3.63) is 48.5 Å². The highest BCUT2D eigenvalue weighted by Gasteiger charge is 2.24. The predicted octanol–water partition coefficient (Wildman–Crippen LogP) is 3.83. The van der Waals surface area contributed by atoms with Crippen LogP contribution in [0.5, 0.6) is 0 Å². The number of benzene rings is 2. The molecule has 0 unspecified atom stereocenters. The van der Waals surface area contributed by atoms with E-state index in [0.717, 1.165) is 29.2 Å². The first-order valence-electron chi connectivity index (χ1n) is 10.1. The standard InChI is InChI=1S/C22H24N4O3S/c27-20(11-12-21(28)26-13-14-30-19-4-2-1-3-18(19)26)23-15-5-7-16(8-6-15)24-22(29)25-17-9-10-17/h1-8,17H,9-14H2,(H,23,27)(H2,24,25,29). The highest BCUT2D eigenvalue weighted by molar-refractivity contribution is 7.99. The molecule has 0 radical (unpaired) electrons. The molecule has 156 valence electrons. The molecule has 1 heterocycles. The van der Waals surface area contributed by atoms with Crippen molar-refractivity contribution < 1.29 is 14.4 Å². The normalized spacial score (nSPS) is 15.1. The first-order valence-corrected chi connectivity index (χ1v) is 11.1. The van der Waals surface area contributed by atoms with Crippen molar-refractivity contribution in [2.24, 2.45) is 0 Å². The number of carbonyl (C=O) groups excluding carboxylic acids is 3. The molecule has 4 rings (SSSR count). The molecule has 0 bridgehead atoms. The molecule has 7 nitrogen and oxygen atoms in total. The average molecular weight is 425 g/mol. The molecule has 1 aliphatic carbocycles. The van der Waals surface area contributed by atoms with E-state index in [1.54, 1.807) is 40.9 Å². The summed E-state index contributed by atoms with van der Waals surface area (Å²) in [6, 6.07) is 14.8. The van der Waals surface area contributed by atoms with E-state index >= 15 is 0 Å². The van der Waals surface area contributed by atoms with Crippen molar-refractivity contribution in [2.45, 2.75) is 36.6 Å². The fourth-order valence-corrected chi connectivity index (χ4v) is 4.22. The number of urea groups is 1. The van der Waals surface area contributed by atoms with Crippen LogP contribution in [-0.4, -0.2) is 36.2 Å². The van der Waals surface area contributed by atoms with Crippen molar-refractivity contribution >= 4 is 46.7 Å². The van der Waals surface area contributed by atoms with Gasteiger partial charge in [-0.05, 0) is 49.2 Å². The van der Waals surface area contributed by atoms with Crippen LogP contribution < -0.4 is 20.9 Å². The van der Waals surface area contributed by atoms with E-state index in [9.17, 15) is 14.4 Å². The number of amides is 4. The molecule has 1 fully saturated rings. The zero-order valence-electron chi connectivity index (χ0n) is 16.5. The van der Waals surface area contributed by atoms with E-state index in [1.165, 1.54) is 0 Å². The van der Waals surface area contributed by atoms with Gasteiger partial charge in [0, 0.05) is 47.5 Å². The van der Waals surface area contributed by atoms with Crippen LogP contribution >= 0.6 is 11.8 Å². The summed E-state index contributed by atoms with van der Waals surface area (Å²) in [5.41, 5.74) is 2.20. The quantitative estimate of drug-likeness (QED) is 0.657. The summed E-state index contributed by atoms with van der Waals surface area (Å²) in [7, 11) is 0. The number of nitrogens with one attached hydrogen (secondary N) is 3. The largest absolute Gasteiger partial charge is 0.335 e. The van der Waals surface area contributed by atoms with Gasteiger partial charge in [0.2, 0.25) is 11.8 Å². The van der Waals surface area contributed by atoms with Gasteiger partial charge in [0.05, 0.1) is 5.69 Å². The Morgan fingerprint density at radius 3 is 2.37 bits per heavy atom. The lowest BCUT2D eigenvalue weighted by molar-refractivity contribution is -0.122. The van der Waals surface area contributed by atoms with E-state index in [1.807, 2.05) is 24.3 Å². The van der Waals surface area contributed by atoms with Gasteiger partial charge in [-0.2, -0.15) is 0 Å². The molecule has 1 aliphatic heterocycles. The zero-order valence-corrected chi connectivity index (χ0v) is 17.3. The average Bonchev–Trinajstić information content (AvgIpc) is 3.57. The minimum atomic E-state index is -0.217. The topological polar surface area (TPSA) is 90.5 Å². The molecule has 2 aromatic carbocycles. The maximum Gasteiger partial charge on any atom is 0.319 e. The van der Waals surface area contributed by atoms with Gasteiger partial charge in [-0.3, -0.25) is 9.59 Å². The summed E-state index contributed by atoms with van der Waals surface area (Å²) in [6.07, 6.45) is 2.34. The summed E-state index contributed by atoms with van der Waals surface area (Å²) in [5.74, 6) is 0.600. The van der Waals surface area contributed by atoms with Crippen LogP contribution in [0.3, 0.4) is 0 Å². The maximum atomic E-state index is 12.6. The van der Waals surface area contributed by atoms with Crippen LogP contribution in [0.15, 0.2) is 53.4 Å². The Hall–Kier alpha value is -3.00. The van der Waals surface area contributed by atoms with Gasteiger partial charge in [0.25, 0.3) is 0 Å². The summed E-state index contributed by atoms with van der Waals surface area (Å²) in [5, 5.41) is 8.42. The Morgan fingerprint density at radius 2 is 1.63 bits per heavy atom. The maximum absolute atomic E-state index is 12.6. The second-order valence-corrected chi connectivity index (χ2v) is 8.50. The Morgan fingerprint density at radius 1 is 0.933 bits per heavy atom. The first-order chi connectivity index (χ1) is 14.6. The lowest BCUT2D eigenvalue weighted by Gasteiger charge is -2.29. The number of fused-ring (bicyclic) bond motifs is 1. The number of hydrogen-bond donors (Lipinski definition) is 3. The molecule has 1 saturated carbocycles. The molecular formula is C22H24N4O3S. The van der Waals surface area contributed by atoms with Gasteiger partial charge < -0.3 is 20.9 Å². The van der Waals surface area contributed by atoms with Crippen molar-refractivity contribution in [2.75, 3.05) is 27.8 Å². The summed E-state index contributed by atoms with van der Waals surface area (Å²) < 4.78 is 0. The Labute approximate surface area is 179 Å². The number of thioether (sulfide) groups is 1. The second-order valence-electron chi connectivity index (χ2n) is 7.36. The van der Waals surface area contributed by atoms with Crippen molar-refractivity contribution in [3.8, 4) is 0 Å². The highest BCUT2D eigenvalue weighted by Crippen LogP contribution is 2.34. The molecule has 2 aromatic rings. The van der Waals surface area contributed by atoms with Crippen LogP contribution in [0.1, 0.15) is 25.7 Å². The van der Waals surface area contributed by atoms with Gasteiger partial charge in [0.1, 0.15) is 0 Å². The van der Waals surface area contributed by atoms with Crippen molar-refractivity contribution in [3.63, 3.8) is 0 Å². The van der Waals surface area contributed by atoms with Crippen LogP contribution in [0.25, 0.3) is 0 Å². The predicted molar refractivity (Wildman–Crippen MR) is 119 cm³/mol. The number of para-hydroxylation sites is 1. The van der Waals surface area contributed by atoms with E-state index in [-0.39, 0.29) is 30.7 Å². The smallest absolute Gasteiger partial charge is 0.319 e. The third-order valence-corrected chi connectivity index (χ3v) is 5.98. The summed E-state index contributed by atoms with van der Waals surface area (Å²) >= 11 is 1.74. The molecule has 3 N–H and O–H groups in total. The number of nitrogens with zero attached hydrogens (tertiary/aromatic N) is 1. The third kappa shape index (κ3) is 5.33. The summed E-state index contributed by atoms with van der Waals surface area (Å²) in [4.78, 5) is 39.5. The van der Waals surface area contributed by atoms with Crippen LogP contribution in [0.4, 0.5) is 21.9 Å². The third-order valence-electron chi connectivity index (χ3n) is 4.93. The van der Waals surface area contributed by atoms with E-state index < -0.39 is 0 Å². The highest BCUT2D eigenvalue weighted by atomic mass is 32.2. The molecule has 4 amide bonds. The molecular weight excluding hydrogens is 400 g/mol. The second kappa shape index (κ2) is 9.21. The van der Waals surface area contributed by atoms with Gasteiger partial charge in [-0.15, -0.1) is 11.8 Å². The Balaban J connectivity index is 1.25. The van der Waals surface area contributed by atoms with Gasteiger partial charge in [-0.25, -0.2) is 4.79 Å². The molecule has 0 atom stereocenters. The van der Waals surface area contributed by atoms with Gasteiger partial charge >= 0.3 is 6.03 Å². The van der Waals surface area contributed by atoms with Gasteiger partial charge in [-0.1, -0.05) is 12.1 Å². The monoisotopic (exact) mass is 424 g/mol. The molecule has 0 spiro atoms. The number of carbonyl (C=O) groups is 3. The minimum Gasteiger partial charge on any atom is -0.335 e. The van der Waals surface area contributed by atoms with Crippen LogP contribution in [0.2, 0.25) is 0 Å². The minimum absolute atomic E-state index is 0.0425. The van der Waals surface area contributed by atoms with E-state index in [4.69, 9.17) is 0 Å². The fraction of sp³-hybridized carbons (Fsp3) is 0.318. The molecule has 8 heteroatoms. The Kier molecular flexibility index (Phi) is 6.23. The summed E-state index contributed by atoms with van der Waals surface area (Å²) in [6.45, 7) is 0.658. The van der Waals surface area contributed by atoms with E-state index in [0.29, 0.717) is 24.0 Å².